The molecule has 2 amide bonds. The number of terminal acetylenes is 1. The minimum Gasteiger partial charge on any atom is -0.464 e. The van der Waals surface area contributed by atoms with Gasteiger partial charge in [0.2, 0.25) is 11.2 Å². The molecule has 2 aliphatic heterocycles. The van der Waals surface area contributed by atoms with Crippen LogP contribution in [0.15, 0.2) is 102 Å². The molecule has 0 aliphatic carbocycles. The lowest BCUT2D eigenvalue weighted by Crippen LogP contribution is -2.37. The van der Waals surface area contributed by atoms with Gasteiger partial charge >= 0.3 is 11.9 Å². The molecule has 6 aromatic rings. The first-order valence-corrected chi connectivity index (χ1v) is 19.0. The Morgan fingerprint density at radius 3 is 1.62 bits per heavy atom. The molecule has 2 aromatic heterocycles. The summed E-state index contributed by atoms with van der Waals surface area (Å²) in [6.07, 6.45) is 5.60. The number of ether oxygens (including phenoxy) is 2. The molecule has 0 saturated carbocycles. The molecule has 4 aromatic carbocycles. The number of methoxy groups -OCH3 is 2. The number of esters is 2. The maximum atomic E-state index is 12.1. The van der Waals surface area contributed by atoms with Crippen molar-refractivity contribution in [3.8, 4) is 35.6 Å². The third-order valence-corrected chi connectivity index (χ3v) is 10.2. The molecular formula is C45H43BrN6O8. The number of para-hydroxylation sites is 2. The van der Waals surface area contributed by atoms with Gasteiger partial charge in [0.25, 0.3) is 11.8 Å². The summed E-state index contributed by atoms with van der Waals surface area (Å²) >= 11 is 3.44. The van der Waals surface area contributed by atoms with E-state index in [4.69, 9.17) is 15.9 Å². The Balaban J connectivity index is 0.000000190. The van der Waals surface area contributed by atoms with Crippen molar-refractivity contribution in [3.05, 3.63) is 118 Å². The summed E-state index contributed by atoms with van der Waals surface area (Å²) in [7, 11) is 5.94. The number of aromatic nitrogens is 4. The van der Waals surface area contributed by atoms with Crippen LogP contribution in [-0.2, 0) is 19.1 Å². The van der Waals surface area contributed by atoms with Crippen molar-refractivity contribution in [1.29, 1.82) is 0 Å². The van der Waals surface area contributed by atoms with Gasteiger partial charge in [-0.2, -0.15) is 10.2 Å². The van der Waals surface area contributed by atoms with E-state index in [1.807, 2.05) is 78.9 Å². The van der Waals surface area contributed by atoms with Crippen LogP contribution in [0.25, 0.3) is 33.2 Å². The van der Waals surface area contributed by atoms with Crippen LogP contribution in [0.3, 0.4) is 0 Å². The molecule has 14 nitrogen and oxygen atoms in total. The van der Waals surface area contributed by atoms with Gasteiger partial charge in [-0.25, -0.2) is 19.0 Å². The van der Waals surface area contributed by atoms with E-state index < -0.39 is 23.1 Å². The Bertz CT molecular complexity index is 2710. The molecule has 0 unspecified atom stereocenters. The van der Waals surface area contributed by atoms with Gasteiger partial charge < -0.3 is 29.5 Å². The molecule has 2 aliphatic rings. The molecule has 308 valence electrons. The highest BCUT2D eigenvalue weighted by atomic mass is 79.9. The summed E-state index contributed by atoms with van der Waals surface area (Å²) in [5.74, 6) is 5.99. The van der Waals surface area contributed by atoms with E-state index in [0.29, 0.717) is 41.8 Å². The Kier molecular flexibility index (Phi) is 13.6. The fourth-order valence-corrected chi connectivity index (χ4v) is 6.86. The predicted octanol–water partition coefficient (Wildman–Crippen LogP) is 5.18. The average molecular weight is 876 g/mol. The SMILES string of the molecule is C.C#C[C@]1(O)CCN(C)C1=O.COC(=O)c1nn(-c2cccc(Br)c2)c2ccccc12.COC(=O)c1nn(-c2cccc(C#C[C@]3(O)CCN(C)C3=O)c2)c2ccccc12. The van der Waals surface area contributed by atoms with Crippen LogP contribution in [0.1, 0.15) is 46.8 Å². The molecule has 15 heteroatoms. The van der Waals surface area contributed by atoms with Gasteiger partial charge in [-0.05, 0) is 48.5 Å². The minimum atomic E-state index is -1.65. The number of halogens is 1. The maximum absolute atomic E-state index is 12.1. The van der Waals surface area contributed by atoms with E-state index in [1.54, 1.807) is 41.7 Å². The summed E-state index contributed by atoms with van der Waals surface area (Å²) in [5, 5.41) is 30.1. The number of amides is 2. The standard InChI is InChI=1S/C22H19N3O4.C15H11BrN2O2.C7H9NO2.CH4/c1-24-13-12-22(28,21(24)27)11-10-15-6-5-7-16(14-15)25-18-9-4-3-8-17(18)19(23-25)20(26)29-2;1-20-15(19)14-12-7-2-3-8-13(12)18(17-14)11-6-4-5-10(16)9-11;1-3-7(10)4-5-8(2)6(7)9;/h3-9,14,28H,12-13H2,1-2H3;2-9H,1H3;1,10H,4-5H2,2H3;1H4/t22-;;7-;/m0.0./s1. The van der Waals surface area contributed by atoms with E-state index in [0.717, 1.165) is 26.6 Å². The van der Waals surface area contributed by atoms with Crippen LogP contribution in [-0.4, -0.2) is 116 Å². The number of aliphatic hydroxyl groups is 2. The van der Waals surface area contributed by atoms with Crippen LogP contribution in [0.4, 0.5) is 0 Å². The highest BCUT2D eigenvalue weighted by Gasteiger charge is 2.43. The lowest BCUT2D eigenvalue weighted by atomic mass is 10.0. The summed E-state index contributed by atoms with van der Waals surface area (Å²) in [6, 6.07) is 29.9. The molecule has 0 bridgehead atoms. The largest absolute Gasteiger partial charge is 0.464 e. The lowest BCUT2D eigenvalue weighted by Gasteiger charge is -2.13. The number of fused-ring (bicyclic) bond motifs is 2. The van der Waals surface area contributed by atoms with Crippen LogP contribution >= 0.6 is 15.9 Å². The first-order chi connectivity index (χ1) is 28.2. The van der Waals surface area contributed by atoms with Crippen LogP contribution < -0.4 is 0 Å². The van der Waals surface area contributed by atoms with Gasteiger partial charge in [0.15, 0.2) is 11.4 Å². The Morgan fingerprint density at radius 1 is 0.717 bits per heavy atom. The van der Waals surface area contributed by atoms with E-state index >= 15 is 0 Å². The van der Waals surface area contributed by atoms with Crippen molar-refractivity contribution in [1.82, 2.24) is 29.4 Å². The van der Waals surface area contributed by atoms with Crippen LogP contribution in [0.2, 0.25) is 0 Å². The monoisotopic (exact) mass is 874 g/mol. The minimum absolute atomic E-state index is 0. The van der Waals surface area contributed by atoms with E-state index in [2.05, 4.69) is 43.9 Å². The number of likely N-dealkylation sites (tertiary alicyclic amines) is 2. The Labute approximate surface area is 355 Å². The normalized spacial score (nSPS) is 18.0. The molecule has 4 heterocycles. The molecule has 2 atom stereocenters. The summed E-state index contributed by atoms with van der Waals surface area (Å²) < 4.78 is 14.0. The summed E-state index contributed by atoms with van der Waals surface area (Å²) in [5.41, 5.74) is 1.20. The molecule has 2 N–H and O–H groups in total. The second kappa shape index (κ2) is 18.4. The van der Waals surface area contributed by atoms with Crippen molar-refractivity contribution < 1.29 is 38.9 Å². The number of rotatable bonds is 4. The van der Waals surface area contributed by atoms with E-state index in [1.165, 1.54) is 24.0 Å². The van der Waals surface area contributed by atoms with Crippen LogP contribution in [0.5, 0.6) is 0 Å². The van der Waals surface area contributed by atoms with Crippen molar-refractivity contribution in [2.24, 2.45) is 0 Å². The Hall–Kier alpha value is -6.78. The van der Waals surface area contributed by atoms with Crippen molar-refractivity contribution >= 4 is 61.5 Å². The topological polar surface area (TPSA) is 169 Å². The van der Waals surface area contributed by atoms with Gasteiger partial charge in [0.05, 0.1) is 36.6 Å². The highest BCUT2D eigenvalue weighted by molar-refractivity contribution is 9.10. The molecule has 60 heavy (non-hydrogen) atoms. The number of nitrogens with zero attached hydrogens (tertiary/aromatic N) is 6. The molecular weight excluding hydrogens is 832 g/mol. The number of hydrogen-bond acceptors (Lipinski definition) is 10. The van der Waals surface area contributed by atoms with Gasteiger partial charge in [0.1, 0.15) is 0 Å². The van der Waals surface area contributed by atoms with Crippen molar-refractivity contribution in [2.75, 3.05) is 41.4 Å². The lowest BCUT2D eigenvalue weighted by molar-refractivity contribution is -0.138. The van der Waals surface area contributed by atoms with Gasteiger partial charge in [0, 0.05) is 60.8 Å². The third-order valence-electron chi connectivity index (χ3n) is 9.75. The number of carbonyl (C=O) groups excluding carboxylic acids is 4. The van der Waals surface area contributed by atoms with Gasteiger partial charge in [-0.3, -0.25) is 9.59 Å². The number of likely N-dealkylation sites (N-methyl/N-ethyl adjacent to an activating group) is 2. The number of benzene rings is 4. The third kappa shape index (κ3) is 8.94. The summed E-state index contributed by atoms with van der Waals surface area (Å²) in [6.45, 7) is 1.01. The zero-order valence-corrected chi connectivity index (χ0v) is 34.1. The molecule has 2 fully saturated rings. The Morgan fingerprint density at radius 2 is 1.18 bits per heavy atom. The second-order valence-electron chi connectivity index (χ2n) is 13.6. The van der Waals surface area contributed by atoms with E-state index in [9.17, 15) is 29.4 Å². The van der Waals surface area contributed by atoms with Crippen molar-refractivity contribution in [3.63, 3.8) is 0 Å². The zero-order valence-electron chi connectivity index (χ0n) is 32.5. The average Bonchev–Trinajstić information content (AvgIpc) is 3.99. The van der Waals surface area contributed by atoms with Gasteiger partial charge in [-0.1, -0.05) is 89.6 Å². The first-order valence-electron chi connectivity index (χ1n) is 18.2. The van der Waals surface area contributed by atoms with E-state index in [-0.39, 0.29) is 31.4 Å². The predicted molar refractivity (Wildman–Crippen MR) is 229 cm³/mol. The zero-order chi connectivity index (χ0) is 42.5. The fraction of sp³-hybridized carbons (Fsp3) is 0.244. The smallest absolute Gasteiger partial charge is 0.359 e. The highest BCUT2D eigenvalue weighted by Crippen LogP contribution is 2.26. The fourth-order valence-electron chi connectivity index (χ4n) is 6.48. The van der Waals surface area contributed by atoms with Crippen molar-refractivity contribution in [2.45, 2.75) is 31.5 Å². The molecule has 0 spiro atoms. The quantitative estimate of drug-likeness (QED) is 0.178. The first kappa shape index (κ1) is 44.3. The number of carbonyl (C=O) groups is 4. The van der Waals surface area contributed by atoms with Gasteiger partial charge in [-0.15, -0.1) is 6.42 Å². The molecule has 8 rings (SSSR count). The second-order valence-corrected chi connectivity index (χ2v) is 14.6. The molecule has 2 saturated heterocycles. The summed E-state index contributed by atoms with van der Waals surface area (Å²) in [4.78, 5) is 49.9. The molecule has 0 radical (unpaired) electrons. The number of hydrogen-bond donors (Lipinski definition) is 2. The maximum Gasteiger partial charge on any atom is 0.359 e. The van der Waals surface area contributed by atoms with Crippen LogP contribution in [0, 0.1) is 24.2 Å².